The van der Waals surface area contributed by atoms with Crippen LogP contribution in [0.3, 0.4) is 0 Å². The molecule has 1 heterocycles. The second-order valence-electron chi connectivity index (χ2n) is 5.45. The number of carbonyl (C=O) groups is 1. The maximum absolute atomic E-state index is 11.4. The van der Waals surface area contributed by atoms with Gasteiger partial charge < -0.3 is 16.5 Å². The highest BCUT2D eigenvalue weighted by molar-refractivity contribution is 6.20. The van der Waals surface area contributed by atoms with E-state index in [-0.39, 0.29) is 5.91 Å². The van der Waals surface area contributed by atoms with E-state index in [0.717, 1.165) is 11.3 Å². The fraction of sp³-hybridized carbons (Fsp3) is 0.364. The number of nitrogens with zero attached hydrogens (tertiary/aromatic N) is 3. The summed E-state index contributed by atoms with van der Waals surface area (Å²) in [5, 5.41) is 10.8. The quantitative estimate of drug-likeness (QED) is 0.487. The molecule has 0 amide bonds. The predicted molar refractivity (Wildman–Crippen MR) is 124 cm³/mol. The Morgan fingerprint density at radius 3 is 2.41 bits per heavy atom. The van der Waals surface area contributed by atoms with Crippen molar-refractivity contribution in [3.05, 3.63) is 48.1 Å². The Kier molecular flexibility index (Phi) is 12.3. The summed E-state index contributed by atoms with van der Waals surface area (Å²) in [5.74, 6) is 0.452. The highest BCUT2D eigenvalue weighted by Gasteiger charge is 2.09. The van der Waals surface area contributed by atoms with Crippen LogP contribution in [0.5, 0.6) is 0 Å². The summed E-state index contributed by atoms with van der Waals surface area (Å²) >= 11 is 0. The predicted octanol–water partition coefficient (Wildman–Crippen LogP) is 4.98. The first-order valence-electron chi connectivity index (χ1n) is 9.90. The molecule has 0 aliphatic carbocycles. The van der Waals surface area contributed by atoms with Gasteiger partial charge in [-0.1, -0.05) is 39.8 Å². The first-order chi connectivity index (χ1) is 14.0. The van der Waals surface area contributed by atoms with Gasteiger partial charge in [-0.15, -0.1) is 0 Å². The molecule has 0 aliphatic rings. The monoisotopic (exact) mass is 398 g/mol. The lowest BCUT2D eigenvalue weighted by molar-refractivity contribution is 0.0936. The number of benzene rings is 1. The van der Waals surface area contributed by atoms with Crippen LogP contribution in [0.2, 0.25) is 0 Å². The minimum absolute atomic E-state index is 0.0930. The number of aromatic nitrogens is 2. The van der Waals surface area contributed by atoms with Crippen molar-refractivity contribution in [1.29, 1.82) is 5.41 Å². The average molecular weight is 399 g/mol. The van der Waals surface area contributed by atoms with Gasteiger partial charge in [-0.25, -0.2) is 4.98 Å². The Morgan fingerprint density at radius 2 is 1.93 bits per heavy atom. The molecule has 158 valence electrons. The Bertz CT molecular complexity index is 844. The number of amidine groups is 1. The van der Waals surface area contributed by atoms with Crippen LogP contribution in [0.4, 0.5) is 5.69 Å². The molecular weight excluding hydrogens is 364 g/mol. The van der Waals surface area contributed by atoms with Crippen molar-refractivity contribution in [3.63, 3.8) is 0 Å². The Morgan fingerprint density at radius 1 is 1.28 bits per heavy atom. The maximum Gasteiger partial charge on any atom is 0.228 e. The lowest BCUT2D eigenvalue weighted by Gasteiger charge is -2.12. The van der Waals surface area contributed by atoms with Gasteiger partial charge in [0, 0.05) is 42.8 Å². The van der Waals surface area contributed by atoms with Gasteiger partial charge in [0.05, 0.1) is 11.3 Å². The van der Waals surface area contributed by atoms with Gasteiger partial charge in [0.1, 0.15) is 12.2 Å². The molecule has 0 aliphatic heterocycles. The summed E-state index contributed by atoms with van der Waals surface area (Å²) in [6.45, 7) is 13.7. The molecule has 7 heteroatoms. The minimum Gasteiger partial charge on any atom is -0.402 e. The SMILES string of the molecule is CC.CC.CCN=C(Nc1cccc(-c2cn(C(C)=O)cn2)c1)/C(C=N)=C(\C)N. The number of aliphatic imine (C=N–C) groups is 1. The van der Waals surface area contributed by atoms with Crippen molar-refractivity contribution in [1.82, 2.24) is 9.55 Å². The van der Waals surface area contributed by atoms with E-state index >= 15 is 0 Å². The molecule has 0 saturated heterocycles. The zero-order chi connectivity index (χ0) is 22.4. The van der Waals surface area contributed by atoms with Crippen molar-refractivity contribution in [2.24, 2.45) is 10.7 Å². The number of nitrogens with two attached hydrogens (primary N) is 1. The molecule has 0 atom stereocenters. The van der Waals surface area contributed by atoms with Gasteiger partial charge in [0.25, 0.3) is 0 Å². The van der Waals surface area contributed by atoms with Gasteiger partial charge >= 0.3 is 0 Å². The van der Waals surface area contributed by atoms with Gasteiger partial charge in [-0.3, -0.25) is 14.4 Å². The first-order valence-corrected chi connectivity index (χ1v) is 9.90. The number of anilines is 1. The van der Waals surface area contributed by atoms with Crippen LogP contribution in [0.1, 0.15) is 53.3 Å². The molecule has 7 nitrogen and oxygen atoms in total. The van der Waals surface area contributed by atoms with Crippen molar-refractivity contribution >= 4 is 23.6 Å². The zero-order valence-corrected chi connectivity index (χ0v) is 18.6. The number of carbonyl (C=O) groups excluding carboxylic acids is 1. The lowest BCUT2D eigenvalue weighted by atomic mass is 10.1. The van der Waals surface area contributed by atoms with Crippen LogP contribution in [0.15, 0.2) is 53.1 Å². The summed E-state index contributed by atoms with van der Waals surface area (Å²) in [4.78, 5) is 20.1. The molecule has 29 heavy (non-hydrogen) atoms. The van der Waals surface area contributed by atoms with Crippen LogP contribution >= 0.6 is 0 Å². The number of hydrogen-bond acceptors (Lipinski definition) is 5. The largest absolute Gasteiger partial charge is 0.402 e. The van der Waals surface area contributed by atoms with Crippen LogP contribution < -0.4 is 11.1 Å². The fourth-order valence-corrected chi connectivity index (χ4v) is 2.26. The molecule has 0 bridgehead atoms. The molecular formula is C22H34N6O. The normalized spacial score (nSPS) is 11.2. The Labute approximate surface area is 174 Å². The van der Waals surface area contributed by atoms with E-state index in [1.54, 1.807) is 13.1 Å². The third-order valence-electron chi connectivity index (χ3n) is 3.51. The third-order valence-corrected chi connectivity index (χ3v) is 3.51. The van der Waals surface area contributed by atoms with Crippen molar-refractivity contribution < 1.29 is 4.79 Å². The second-order valence-corrected chi connectivity index (χ2v) is 5.45. The molecule has 1 aromatic heterocycles. The smallest absolute Gasteiger partial charge is 0.228 e. The van der Waals surface area contributed by atoms with E-state index in [4.69, 9.17) is 11.1 Å². The zero-order valence-electron chi connectivity index (χ0n) is 18.6. The molecule has 0 fully saturated rings. The highest BCUT2D eigenvalue weighted by atomic mass is 16.1. The van der Waals surface area contributed by atoms with Gasteiger partial charge in [0.2, 0.25) is 5.91 Å². The summed E-state index contributed by atoms with van der Waals surface area (Å²) in [7, 11) is 0. The second kappa shape index (κ2) is 13.9. The van der Waals surface area contributed by atoms with E-state index in [9.17, 15) is 4.79 Å². The summed E-state index contributed by atoms with van der Waals surface area (Å²) in [6.07, 6.45) is 4.38. The van der Waals surface area contributed by atoms with Crippen molar-refractivity contribution in [2.45, 2.75) is 48.5 Å². The molecule has 0 unspecified atom stereocenters. The molecule has 2 rings (SSSR count). The van der Waals surface area contributed by atoms with E-state index < -0.39 is 0 Å². The van der Waals surface area contributed by atoms with Crippen LogP contribution in [-0.2, 0) is 0 Å². The number of hydrogen-bond donors (Lipinski definition) is 3. The highest BCUT2D eigenvalue weighted by Crippen LogP contribution is 2.21. The lowest BCUT2D eigenvalue weighted by Crippen LogP contribution is -2.19. The fourth-order valence-electron chi connectivity index (χ4n) is 2.26. The van der Waals surface area contributed by atoms with Crippen LogP contribution in [-0.4, -0.2) is 34.1 Å². The van der Waals surface area contributed by atoms with E-state index in [0.29, 0.717) is 29.3 Å². The van der Waals surface area contributed by atoms with E-state index in [1.165, 1.54) is 24.0 Å². The van der Waals surface area contributed by atoms with Gasteiger partial charge in [0.15, 0.2) is 0 Å². The molecule has 0 radical (unpaired) electrons. The minimum atomic E-state index is -0.0930. The van der Waals surface area contributed by atoms with Crippen molar-refractivity contribution in [3.8, 4) is 11.3 Å². The molecule has 0 spiro atoms. The van der Waals surface area contributed by atoms with Gasteiger partial charge in [-0.05, 0) is 26.0 Å². The standard InChI is InChI=1S/C18H22N6O.2C2H6/c1-4-21-18(16(9-19)12(2)20)23-15-7-5-6-14(8-15)17-10-24(11-22-17)13(3)25;2*1-2/h5-11,19H,4,20H2,1-3H3,(H,21,23);2*1-2H3/b16-12+,19-9?;;. The average Bonchev–Trinajstić information content (AvgIpc) is 3.22. The van der Waals surface area contributed by atoms with E-state index in [2.05, 4.69) is 15.3 Å². The molecule has 1 aromatic carbocycles. The molecule has 0 saturated carbocycles. The van der Waals surface area contributed by atoms with Crippen LogP contribution in [0.25, 0.3) is 11.3 Å². The summed E-state index contributed by atoms with van der Waals surface area (Å²) in [5.41, 5.74) is 9.28. The first kappa shape index (κ1) is 25.8. The number of imidazole rings is 1. The Balaban J connectivity index is 0.00000184. The summed E-state index contributed by atoms with van der Waals surface area (Å²) in [6, 6.07) is 7.60. The number of allylic oxidation sites excluding steroid dienone is 1. The molecule has 2 aromatic rings. The molecule has 4 N–H and O–H groups in total. The maximum atomic E-state index is 11.4. The van der Waals surface area contributed by atoms with Gasteiger partial charge in [-0.2, -0.15) is 0 Å². The number of nitrogens with one attached hydrogen (secondary N) is 2. The topological polar surface area (TPSA) is 109 Å². The Hall–Kier alpha value is -3.22. The number of rotatable bonds is 5. The van der Waals surface area contributed by atoms with Crippen molar-refractivity contribution in [2.75, 3.05) is 11.9 Å². The third kappa shape index (κ3) is 7.73. The summed E-state index contributed by atoms with van der Waals surface area (Å²) < 4.78 is 1.44. The van der Waals surface area contributed by atoms with E-state index in [1.807, 2.05) is 58.9 Å². The van der Waals surface area contributed by atoms with Crippen LogP contribution in [0, 0.1) is 5.41 Å².